The van der Waals surface area contributed by atoms with Gasteiger partial charge in [0.1, 0.15) is 6.04 Å². The number of ether oxygens (including phenoxy) is 1. The highest BCUT2D eigenvalue weighted by molar-refractivity contribution is 7.12. The Kier molecular flexibility index (Phi) is 6.99. The quantitative estimate of drug-likeness (QED) is 0.784. The summed E-state index contributed by atoms with van der Waals surface area (Å²) in [4.78, 5) is 39.5. The van der Waals surface area contributed by atoms with Crippen molar-refractivity contribution in [2.75, 3.05) is 19.7 Å². The van der Waals surface area contributed by atoms with Crippen molar-refractivity contribution in [3.8, 4) is 0 Å². The van der Waals surface area contributed by atoms with Crippen molar-refractivity contribution in [1.82, 2.24) is 10.2 Å². The number of rotatable bonds is 6. The molecule has 7 heteroatoms. The van der Waals surface area contributed by atoms with Gasteiger partial charge in [-0.1, -0.05) is 19.9 Å². The molecule has 0 aromatic carbocycles. The fourth-order valence-electron chi connectivity index (χ4n) is 2.96. The first-order valence-electron chi connectivity index (χ1n) is 8.73. The summed E-state index contributed by atoms with van der Waals surface area (Å²) < 4.78 is 5.09. The molecule has 1 saturated heterocycles. The van der Waals surface area contributed by atoms with Gasteiger partial charge in [-0.2, -0.15) is 0 Å². The summed E-state index contributed by atoms with van der Waals surface area (Å²) in [5, 5.41) is 4.68. The molecule has 0 aliphatic carbocycles. The van der Waals surface area contributed by atoms with Gasteiger partial charge in [-0.15, -0.1) is 11.3 Å². The van der Waals surface area contributed by atoms with Crippen LogP contribution >= 0.6 is 11.3 Å². The van der Waals surface area contributed by atoms with E-state index in [1.54, 1.807) is 24.0 Å². The van der Waals surface area contributed by atoms with E-state index in [4.69, 9.17) is 4.74 Å². The van der Waals surface area contributed by atoms with Gasteiger partial charge in [0.25, 0.3) is 5.91 Å². The van der Waals surface area contributed by atoms with Gasteiger partial charge in [0.15, 0.2) is 0 Å². The number of piperidine rings is 1. The Bertz CT molecular complexity index is 600. The predicted octanol–water partition coefficient (Wildman–Crippen LogP) is 2.30. The lowest BCUT2D eigenvalue weighted by Gasteiger charge is -2.35. The van der Waals surface area contributed by atoms with E-state index in [1.807, 2.05) is 19.2 Å². The summed E-state index contributed by atoms with van der Waals surface area (Å²) in [5.41, 5.74) is 0. The van der Waals surface area contributed by atoms with E-state index in [1.165, 1.54) is 11.3 Å². The molecule has 6 nitrogen and oxygen atoms in total. The minimum Gasteiger partial charge on any atom is -0.466 e. The smallest absolute Gasteiger partial charge is 0.310 e. The lowest BCUT2D eigenvalue weighted by molar-refractivity contribution is -0.151. The monoisotopic (exact) mass is 366 g/mol. The summed E-state index contributed by atoms with van der Waals surface area (Å²) in [6.07, 6.45) is 1.50. The average Bonchev–Trinajstić information content (AvgIpc) is 3.13. The van der Waals surface area contributed by atoms with Crippen molar-refractivity contribution in [3.05, 3.63) is 22.4 Å². The average molecular weight is 366 g/mol. The summed E-state index contributed by atoms with van der Waals surface area (Å²) in [6, 6.07) is 2.94. The topological polar surface area (TPSA) is 75.7 Å². The van der Waals surface area contributed by atoms with E-state index >= 15 is 0 Å². The number of amides is 2. The van der Waals surface area contributed by atoms with Crippen LogP contribution in [0.3, 0.4) is 0 Å². The highest BCUT2D eigenvalue weighted by Gasteiger charge is 2.34. The Hall–Kier alpha value is -1.89. The minimum atomic E-state index is -0.601. The zero-order valence-electron chi connectivity index (χ0n) is 15.0. The van der Waals surface area contributed by atoms with Crippen molar-refractivity contribution in [2.24, 2.45) is 11.8 Å². The Morgan fingerprint density at radius 1 is 1.40 bits per heavy atom. The van der Waals surface area contributed by atoms with E-state index in [0.29, 0.717) is 24.6 Å². The highest BCUT2D eigenvalue weighted by Crippen LogP contribution is 2.20. The van der Waals surface area contributed by atoms with Gasteiger partial charge in [-0.25, -0.2) is 0 Å². The van der Waals surface area contributed by atoms with Crippen molar-refractivity contribution in [3.63, 3.8) is 0 Å². The molecule has 1 aliphatic heterocycles. The zero-order chi connectivity index (χ0) is 18.4. The van der Waals surface area contributed by atoms with Crippen LogP contribution in [-0.4, -0.2) is 48.4 Å². The fourth-order valence-corrected chi connectivity index (χ4v) is 3.59. The Morgan fingerprint density at radius 2 is 2.16 bits per heavy atom. The summed E-state index contributed by atoms with van der Waals surface area (Å²) in [7, 11) is 0. The summed E-state index contributed by atoms with van der Waals surface area (Å²) >= 11 is 1.34. The molecular weight excluding hydrogens is 340 g/mol. The van der Waals surface area contributed by atoms with Crippen LogP contribution in [0.4, 0.5) is 0 Å². The number of likely N-dealkylation sites (tertiary alicyclic amines) is 1. The SMILES string of the molecule is CCOC(=O)[C@@H]1CCCN(C(=O)[C@@H](NC(=O)c2cccs2)C(C)C)C1. The molecule has 0 bridgehead atoms. The third-order valence-corrected chi connectivity index (χ3v) is 5.19. The van der Waals surface area contributed by atoms with Crippen LogP contribution in [0.25, 0.3) is 0 Å². The second-order valence-corrected chi connectivity index (χ2v) is 7.50. The molecule has 0 spiro atoms. The normalized spacial score (nSPS) is 18.7. The first kappa shape index (κ1) is 19.4. The number of thiophene rings is 1. The van der Waals surface area contributed by atoms with Crippen LogP contribution in [0.5, 0.6) is 0 Å². The lowest BCUT2D eigenvalue weighted by Crippen LogP contribution is -2.54. The minimum absolute atomic E-state index is 0.0422. The Labute approximate surface area is 152 Å². The van der Waals surface area contributed by atoms with Crippen molar-refractivity contribution < 1.29 is 19.1 Å². The molecule has 0 saturated carbocycles. The summed E-state index contributed by atoms with van der Waals surface area (Å²) in [5.74, 6) is -0.934. The van der Waals surface area contributed by atoms with Crippen LogP contribution in [0.15, 0.2) is 17.5 Å². The van der Waals surface area contributed by atoms with Crippen LogP contribution < -0.4 is 5.32 Å². The Morgan fingerprint density at radius 3 is 2.76 bits per heavy atom. The first-order chi connectivity index (χ1) is 11.9. The van der Waals surface area contributed by atoms with Crippen LogP contribution in [-0.2, 0) is 14.3 Å². The van der Waals surface area contributed by atoms with E-state index < -0.39 is 6.04 Å². The molecule has 1 N–H and O–H groups in total. The zero-order valence-corrected chi connectivity index (χ0v) is 15.8. The van der Waals surface area contributed by atoms with Gasteiger partial charge in [0.2, 0.25) is 5.91 Å². The molecular formula is C18H26N2O4S. The molecule has 138 valence electrons. The van der Waals surface area contributed by atoms with Crippen LogP contribution in [0.2, 0.25) is 0 Å². The fraction of sp³-hybridized carbons (Fsp3) is 0.611. The van der Waals surface area contributed by atoms with E-state index in [9.17, 15) is 14.4 Å². The van der Waals surface area contributed by atoms with Gasteiger partial charge in [0, 0.05) is 13.1 Å². The molecule has 1 aliphatic rings. The molecule has 0 unspecified atom stereocenters. The second kappa shape index (κ2) is 8.99. The first-order valence-corrected chi connectivity index (χ1v) is 9.61. The summed E-state index contributed by atoms with van der Waals surface area (Å²) in [6.45, 7) is 6.89. The lowest BCUT2D eigenvalue weighted by atomic mass is 9.95. The third kappa shape index (κ3) is 5.04. The number of carbonyl (C=O) groups excluding carboxylic acids is 3. The molecule has 1 aromatic rings. The van der Waals surface area contributed by atoms with E-state index in [0.717, 1.165) is 12.8 Å². The van der Waals surface area contributed by atoms with E-state index in [-0.39, 0.29) is 29.6 Å². The molecule has 25 heavy (non-hydrogen) atoms. The number of esters is 1. The van der Waals surface area contributed by atoms with Gasteiger partial charge < -0.3 is 15.0 Å². The number of hydrogen-bond acceptors (Lipinski definition) is 5. The van der Waals surface area contributed by atoms with Gasteiger partial charge >= 0.3 is 5.97 Å². The molecule has 1 fully saturated rings. The molecule has 2 amide bonds. The maximum absolute atomic E-state index is 12.9. The highest BCUT2D eigenvalue weighted by atomic mass is 32.1. The molecule has 0 radical (unpaired) electrons. The maximum atomic E-state index is 12.9. The van der Waals surface area contributed by atoms with Crippen molar-refractivity contribution in [2.45, 2.75) is 39.7 Å². The molecule has 2 atom stereocenters. The van der Waals surface area contributed by atoms with Gasteiger partial charge in [-0.3, -0.25) is 14.4 Å². The standard InChI is InChI=1S/C18H26N2O4S/c1-4-24-18(23)13-7-5-9-20(11-13)17(22)15(12(2)3)19-16(21)14-8-6-10-25-14/h6,8,10,12-13,15H,4-5,7,9,11H2,1-3H3,(H,19,21)/t13-,15+/m1/s1. The number of carbonyl (C=O) groups is 3. The van der Waals surface area contributed by atoms with Gasteiger partial charge in [0.05, 0.1) is 17.4 Å². The number of nitrogens with zero attached hydrogens (tertiary/aromatic N) is 1. The largest absolute Gasteiger partial charge is 0.466 e. The molecule has 1 aromatic heterocycles. The molecule has 2 rings (SSSR count). The van der Waals surface area contributed by atoms with Crippen LogP contribution in [0, 0.1) is 11.8 Å². The second-order valence-electron chi connectivity index (χ2n) is 6.55. The van der Waals surface area contributed by atoms with Gasteiger partial charge in [-0.05, 0) is 37.1 Å². The Balaban J connectivity index is 2.03. The van der Waals surface area contributed by atoms with Crippen molar-refractivity contribution in [1.29, 1.82) is 0 Å². The van der Waals surface area contributed by atoms with Crippen molar-refractivity contribution >= 4 is 29.1 Å². The number of hydrogen-bond donors (Lipinski definition) is 1. The molecule has 2 heterocycles. The van der Waals surface area contributed by atoms with E-state index in [2.05, 4.69) is 5.32 Å². The predicted molar refractivity (Wildman–Crippen MR) is 96.3 cm³/mol. The van der Waals surface area contributed by atoms with Crippen LogP contribution in [0.1, 0.15) is 43.3 Å². The number of nitrogens with one attached hydrogen (secondary N) is 1. The third-order valence-electron chi connectivity index (χ3n) is 4.32. The maximum Gasteiger partial charge on any atom is 0.310 e.